The molecule has 3 atom stereocenters. The van der Waals surface area contributed by atoms with Crippen LogP contribution in [0.4, 0.5) is 0 Å². The molecule has 0 aromatic carbocycles. The van der Waals surface area contributed by atoms with Gasteiger partial charge < -0.3 is 14.0 Å². The summed E-state index contributed by atoms with van der Waals surface area (Å²) in [6.07, 6.45) is 3.99. The standard InChI is InChI=1S/C18H38O3Si2/c1-17(2,3)22(7,8)20-15-12-11-14(19)13-16(15)21-23(9,10)18(4,5)6/h11-12,14-16,19H,13H2,1-10H3/t14-,15?,16?/m1/s1. The highest BCUT2D eigenvalue weighted by molar-refractivity contribution is 6.74. The maximum absolute atomic E-state index is 10.1. The van der Waals surface area contributed by atoms with E-state index in [-0.39, 0.29) is 22.3 Å². The Kier molecular flexibility index (Phi) is 6.19. The highest BCUT2D eigenvalue weighted by Crippen LogP contribution is 2.41. The summed E-state index contributed by atoms with van der Waals surface area (Å²) in [6, 6.07) is 0. The second-order valence-electron chi connectivity index (χ2n) is 9.95. The average Bonchev–Trinajstić information content (AvgIpc) is 2.29. The van der Waals surface area contributed by atoms with Crippen molar-refractivity contribution in [2.45, 2.75) is 103 Å². The minimum Gasteiger partial charge on any atom is -0.411 e. The molecule has 0 fully saturated rings. The molecule has 0 aliphatic heterocycles. The van der Waals surface area contributed by atoms with Gasteiger partial charge >= 0.3 is 0 Å². The van der Waals surface area contributed by atoms with Crippen LogP contribution in [0, 0.1) is 0 Å². The van der Waals surface area contributed by atoms with Crippen LogP contribution in [0.1, 0.15) is 48.0 Å². The minimum absolute atomic E-state index is 0.0478. The maximum Gasteiger partial charge on any atom is 0.193 e. The number of hydrogen-bond acceptors (Lipinski definition) is 3. The predicted molar refractivity (Wildman–Crippen MR) is 104 cm³/mol. The molecule has 2 unspecified atom stereocenters. The van der Waals surface area contributed by atoms with Gasteiger partial charge in [-0.2, -0.15) is 0 Å². The second-order valence-corrected chi connectivity index (χ2v) is 19.5. The smallest absolute Gasteiger partial charge is 0.193 e. The normalized spacial score (nSPS) is 27.3. The molecule has 136 valence electrons. The zero-order valence-corrected chi connectivity index (χ0v) is 18.9. The van der Waals surface area contributed by atoms with Crippen LogP contribution < -0.4 is 0 Å². The number of hydrogen-bond donors (Lipinski definition) is 1. The zero-order valence-electron chi connectivity index (χ0n) is 16.9. The van der Waals surface area contributed by atoms with Gasteiger partial charge in [0.25, 0.3) is 0 Å². The largest absolute Gasteiger partial charge is 0.411 e. The lowest BCUT2D eigenvalue weighted by Crippen LogP contribution is -2.53. The SMILES string of the molecule is CC(C)(C)[Si](C)(C)OC1C=C[C@@H](O)CC1O[Si](C)(C)C(C)(C)C. The predicted octanol–water partition coefficient (Wildman–Crippen LogP) is 5.09. The monoisotopic (exact) mass is 358 g/mol. The molecule has 0 saturated carbocycles. The van der Waals surface area contributed by atoms with Crippen molar-refractivity contribution in [1.29, 1.82) is 0 Å². The highest BCUT2D eigenvalue weighted by Gasteiger charge is 2.45. The van der Waals surface area contributed by atoms with E-state index in [2.05, 4.69) is 67.7 Å². The van der Waals surface area contributed by atoms with Gasteiger partial charge in [0.2, 0.25) is 0 Å². The molecule has 0 bridgehead atoms. The molecule has 3 nitrogen and oxygen atoms in total. The van der Waals surface area contributed by atoms with Gasteiger partial charge in [0.05, 0.1) is 18.3 Å². The van der Waals surface area contributed by atoms with Gasteiger partial charge in [-0.25, -0.2) is 0 Å². The first-order chi connectivity index (χ1) is 10.1. The Morgan fingerprint density at radius 3 is 1.70 bits per heavy atom. The van der Waals surface area contributed by atoms with E-state index in [1.165, 1.54) is 0 Å². The molecule has 0 spiro atoms. The van der Waals surface area contributed by atoms with E-state index in [0.29, 0.717) is 6.42 Å². The molecule has 1 aliphatic rings. The van der Waals surface area contributed by atoms with Crippen molar-refractivity contribution in [1.82, 2.24) is 0 Å². The van der Waals surface area contributed by atoms with Gasteiger partial charge in [-0.15, -0.1) is 0 Å². The van der Waals surface area contributed by atoms with Gasteiger partial charge in [-0.3, -0.25) is 0 Å². The molecule has 0 heterocycles. The van der Waals surface area contributed by atoms with Crippen molar-refractivity contribution in [2.24, 2.45) is 0 Å². The van der Waals surface area contributed by atoms with E-state index in [9.17, 15) is 5.11 Å². The Hall–Kier alpha value is 0.0538. The first-order valence-electron chi connectivity index (χ1n) is 8.79. The summed E-state index contributed by atoms with van der Waals surface area (Å²) in [5, 5.41) is 10.4. The summed E-state index contributed by atoms with van der Waals surface area (Å²) < 4.78 is 13.2. The Labute approximate surface area is 145 Å². The zero-order chi connectivity index (χ0) is 18.3. The van der Waals surface area contributed by atoms with E-state index in [4.69, 9.17) is 8.85 Å². The molecular formula is C18H38O3Si2. The molecule has 0 aromatic heterocycles. The van der Waals surface area contributed by atoms with Crippen LogP contribution in [0.5, 0.6) is 0 Å². The van der Waals surface area contributed by atoms with Gasteiger partial charge in [0.1, 0.15) is 0 Å². The van der Waals surface area contributed by atoms with Crippen LogP contribution in [-0.2, 0) is 8.85 Å². The van der Waals surface area contributed by atoms with E-state index in [0.717, 1.165) is 0 Å². The third-order valence-corrected chi connectivity index (χ3v) is 14.8. The lowest BCUT2D eigenvalue weighted by Gasteiger charge is -2.45. The number of aliphatic hydroxyl groups excluding tert-OH is 1. The average molecular weight is 359 g/mol. The molecule has 0 radical (unpaired) electrons. The molecule has 0 saturated heterocycles. The Bertz CT molecular complexity index is 431. The quantitative estimate of drug-likeness (QED) is 0.562. The molecule has 1 aliphatic carbocycles. The van der Waals surface area contributed by atoms with Crippen LogP contribution in [0.3, 0.4) is 0 Å². The molecule has 23 heavy (non-hydrogen) atoms. The molecule has 0 aromatic rings. The van der Waals surface area contributed by atoms with Gasteiger partial charge in [-0.1, -0.05) is 53.7 Å². The fourth-order valence-corrected chi connectivity index (χ4v) is 4.72. The molecule has 5 heteroatoms. The van der Waals surface area contributed by atoms with Crippen LogP contribution in [0.2, 0.25) is 36.3 Å². The van der Waals surface area contributed by atoms with Crippen molar-refractivity contribution < 1.29 is 14.0 Å². The number of rotatable bonds is 4. The van der Waals surface area contributed by atoms with Crippen molar-refractivity contribution in [3.63, 3.8) is 0 Å². The van der Waals surface area contributed by atoms with E-state index < -0.39 is 22.7 Å². The summed E-state index contributed by atoms with van der Waals surface area (Å²) in [4.78, 5) is 0. The van der Waals surface area contributed by atoms with Crippen molar-refractivity contribution >= 4 is 16.6 Å². The highest BCUT2D eigenvalue weighted by atomic mass is 28.4. The Morgan fingerprint density at radius 1 is 0.826 bits per heavy atom. The summed E-state index contributed by atoms with van der Waals surface area (Å²) in [5.74, 6) is 0. The fourth-order valence-electron chi connectivity index (χ4n) is 2.11. The Morgan fingerprint density at radius 2 is 1.26 bits per heavy atom. The summed E-state index contributed by atoms with van der Waals surface area (Å²) in [7, 11) is -3.77. The summed E-state index contributed by atoms with van der Waals surface area (Å²) in [6.45, 7) is 22.6. The van der Waals surface area contributed by atoms with Gasteiger partial charge in [0, 0.05) is 6.42 Å². The van der Waals surface area contributed by atoms with Crippen LogP contribution in [0.15, 0.2) is 12.2 Å². The number of aliphatic hydroxyl groups is 1. The van der Waals surface area contributed by atoms with E-state index >= 15 is 0 Å². The third kappa shape index (κ3) is 5.26. The van der Waals surface area contributed by atoms with Crippen molar-refractivity contribution in [3.05, 3.63) is 12.2 Å². The maximum atomic E-state index is 10.1. The first-order valence-corrected chi connectivity index (χ1v) is 14.6. The van der Waals surface area contributed by atoms with Crippen LogP contribution in [-0.4, -0.2) is 40.1 Å². The third-order valence-electron chi connectivity index (χ3n) is 5.85. The van der Waals surface area contributed by atoms with E-state index in [1.807, 2.05) is 12.2 Å². The van der Waals surface area contributed by atoms with Crippen molar-refractivity contribution in [2.75, 3.05) is 0 Å². The lowest BCUT2D eigenvalue weighted by molar-refractivity contribution is 0.0232. The molecule has 1 rings (SSSR count). The lowest BCUT2D eigenvalue weighted by atomic mass is 10.00. The fraction of sp³-hybridized carbons (Fsp3) is 0.889. The minimum atomic E-state index is -1.89. The van der Waals surface area contributed by atoms with Gasteiger partial charge in [0.15, 0.2) is 16.6 Å². The summed E-state index contributed by atoms with van der Waals surface area (Å²) >= 11 is 0. The van der Waals surface area contributed by atoms with Gasteiger partial charge in [-0.05, 0) is 36.3 Å². The van der Waals surface area contributed by atoms with Crippen molar-refractivity contribution in [3.8, 4) is 0 Å². The first kappa shape index (κ1) is 21.1. The topological polar surface area (TPSA) is 38.7 Å². The van der Waals surface area contributed by atoms with Crippen LogP contribution >= 0.6 is 0 Å². The molecule has 0 amide bonds. The molecule has 1 N–H and O–H groups in total. The Balaban J connectivity index is 2.98. The second kappa shape index (κ2) is 6.75. The van der Waals surface area contributed by atoms with Crippen LogP contribution in [0.25, 0.3) is 0 Å². The van der Waals surface area contributed by atoms with E-state index in [1.54, 1.807) is 0 Å². The molecular weight excluding hydrogens is 320 g/mol. The summed E-state index contributed by atoms with van der Waals surface area (Å²) in [5.41, 5.74) is 0.